The topological polar surface area (TPSA) is 88.6 Å². The summed E-state index contributed by atoms with van der Waals surface area (Å²) in [6.07, 6.45) is 4.58. The van der Waals surface area contributed by atoms with E-state index in [1.807, 2.05) is 29.6 Å². The lowest BCUT2D eigenvalue weighted by molar-refractivity contribution is -0.116. The SMILES string of the molecule is CCCCOc1ccc(-c2csc(NC(=O)CCCCCN3C(=O)c4ccccc4C3=O)n2)cc1. The molecular formula is C27H29N3O4S. The van der Waals surface area contributed by atoms with Crippen LogP contribution in [0.15, 0.2) is 53.9 Å². The molecule has 182 valence electrons. The van der Waals surface area contributed by atoms with E-state index < -0.39 is 0 Å². The van der Waals surface area contributed by atoms with Gasteiger partial charge in [0.25, 0.3) is 11.8 Å². The molecule has 1 aliphatic rings. The van der Waals surface area contributed by atoms with Crippen molar-refractivity contribution in [2.24, 2.45) is 0 Å². The third-order valence-corrected chi connectivity index (χ3v) is 6.59. The van der Waals surface area contributed by atoms with Crippen molar-refractivity contribution in [3.63, 3.8) is 0 Å². The van der Waals surface area contributed by atoms with Gasteiger partial charge in [-0.3, -0.25) is 19.3 Å². The van der Waals surface area contributed by atoms with E-state index in [-0.39, 0.29) is 17.7 Å². The zero-order chi connectivity index (χ0) is 24.6. The molecule has 8 heteroatoms. The summed E-state index contributed by atoms with van der Waals surface area (Å²) in [6, 6.07) is 14.7. The van der Waals surface area contributed by atoms with Crippen molar-refractivity contribution in [1.82, 2.24) is 9.88 Å². The first-order valence-electron chi connectivity index (χ1n) is 12.0. The molecule has 1 N–H and O–H groups in total. The molecule has 0 bridgehead atoms. The number of aromatic nitrogens is 1. The molecule has 0 radical (unpaired) electrons. The van der Waals surface area contributed by atoms with Crippen LogP contribution in [0.3, 0.4) is 0 Å². The predicted molar refractivity (Wildman–Crippen MR) is 137 cm³/mol. The molecule has 0 aliphatic carbocycles. The van der Waals surface area contributed by atoms with Crippen molar-refractivity contribution in [2.75, 3.05) is 18.5 Å². The summed E-state index contributed by atoms with van der Waals surface area (Å²) < 4.78 is 5.69. The normalized spacial score (nSPS) is 12.7. The number of unbranched alkanes of at least 4 members (excludes halogenated alkanes) is 3. The average Bonchev–Trinajstić information content (AvgIpc) is 3.43. The Kier molecular flexibility index (Phi) is 8.26. The molecule has 0 fully saturated rings. The number of imide groups is 1. The number of hydrogen-bond acceptors (Lipinski definition) is 6. The molecular weight excluding hydrogens is 462 g/mol. The molecule has 0 atom stereocenters. The fourth-order valence-electron chi connectivity index (χ4n) is 3.88. The Morgan fingerprint density at radius 2 is 1.69 bits per heavy atom. The molecule has 4 rings (SSSR count). The summed E-state index contributed by atoms with van der Waals surface area (Å²) in [4.78, 5) is 42.9. The zero-order valence-corrected chi connectivity index (χ0v) is 20.6. The minimum Gasteiger partial charge on any atom is -0.494 e. The Morgan fingerprint density at radius 1 is 0.971 bits per heavy atom. The molecule has 3 amide bonds. The lowest BCUT2D eigenvalue weighted by atomic mass is 10.1. The summed E-state index contributed by atoms with van der Waals surface area (Å²) in [7, 11) is 0. The highest BCUT2D eigenvalue weighted by atomic mass is 32.1. The number of hydrogen-bond donors (Lipinski definition) is 1. The van der Waals surface area contributed by atoms with Crippen LogP contribution in [0.25, 0.3) is 11.3 Å². The smallest absolute Gasteiger partial charge is 0.261 e. The number of ether oxygens (including phenoxy) is 1. The Hall–Kier alpha value is -3.52. The van der Waals surface area contributed by atoms with Crippen molar-refractivity contribution in [2.45, 2.75) is 45.4 Å². The first-order valence-corrected chi connectivity index (χ1v) is 12.9. The number of nitrogens with one attached hydrogen (secondary N) is 1. The molecule has 0 spiro atoms. The van der Waals surface area contributed by atoms with Crippen molar-refractivity contribution >= 4 is 34.2 Å². The summed E-state index contributed by atoms with van der Waals surface area (Å²) in [6.45, 7) is 3.21. The maximum absolute atomic E-state index is 12.4. The third kappa shape index (κ3) is 6.14. The number of carbonyl (C=O) groups excluding carboxylic acids is 3. The number of benzene rings is 2. The van der Waals surface area contributed by atoms with Crippen LogP contribution in [0, 0.1) is 0 Å². The van der Waals surface area contributed by atoms with E-state index in [0.29, 0.717) is 48.7 Å². The maximum atomic E-state index is 12.4. The Labute approximate surface area is 209 Å². The minimum atomic E-state index is -0.235. The summed E-state index contributed by atoms with van der Waals surface area (Å²) in [5.41, 5.74) is 2.72. The predicted octanol–water partition coefficient (Wildman–Crippen LogP) is 5.78. The van der Waals surface area contributed by atoms with E-state index in [9.17, 15) is 14.4 Å². The number of amides is 3. The average molecular weight is 492 g/mol. The van der Waals surface area contributed by atoms with Gasteiger partial charge in [0.2, 0.25) is 5.91 Å². The van der Waals surface area contributed by atoms with Gasteiger partial charge in [-0.05, 0) is 55.7 Å². The van der Waals surface area contributed by atoms with Gasteiger partial charge in [-0.15, -0.1) is 11.3 Å². The summed E-state index contributed by atoms with van der Waals surface area (Å²) in [5, 5.41) is 5.35. The highest BCUT2D eigenvalue weighted by molar-refractivity contribution is 7.14. The molecule has 0 saturated carbocycles. The fraction of sp³-hybridized carbons (Fsp3) is 0.333. The molecule has 0 unspecified atom stereocenters. The Morgan fingerprint density at radius 3 is 2.37 bits per heavy atom. The molecule has 1 aromatic heterocycles. The van der Waals surface area contributed by atoms with Crippen LogP contribution in [-0.2, 0) is 4.79 Å². The zero-order valence-electron chi connectivity index (χ0n) is 19.8. The van der Waals surface area contributed by atoms with Crippen molar-refractivity contribution < 1.29 is 19.1 Å². The second kappa shape index (κ2) is 11.8. The maximum Gasteiger partial charge on any atom is 0.261 e. The van der Waals surface area contributed by atoms with Crippen molar-refractivity contribution in [3.8, 4) is 17.0 Å². The number of rotatable bonds is 12. The number of fused-ring (bicyclic) bond motifs is 1. The Balaban J connectivity index is 1.17. The molecule has 1 aliphatic heterocycles. The highest BCUT2D eigenvalue weighted by Crippen LogP contribution is 2.27. The third-order valence-electron chi connectivity index (χ3n) is 5.83. The van der Waals surface area contributed by atoms with E-state index in [1.54, 1.807) is 24.3 Å². The molecule has 0 saturated heterocycles. The molecule has 3 aromatic rings. The second-order valence-corrected chi connectivity index (χ2v) is 9.29. The van der Waals surface area contributed by atoms with E-state index in [4.69, 9.17) is 4.74 Å². The number of thiazole rings is 1. The molecule has 7 nitrogen and oxygen atoms in total. The number of anilines is 1. The van der Waals surface area contributed by atoms with E-state index in [0.717, 1.165) is 36.3 Å². The van der Waals surface area contributed by atoms with Crippen LogP contribution in [-0.4, -0.2) is 40.8 Å². The van der Waals surface area contributed by atoms with E-state index in [2.05, 4.69) is 17.2 Å². The second-order valence-electron chi connectivity index (χ2n) is 8.43. The van der Waals surface area contributed by atoms with Gasteiger partial charge in [-0.2, -0.15) is 0 Å². The molecule has 2 heterocycles. The quantitative estimate of drug-likeness (QED) is 0.256. The van der Waals surface area contributed by atoms with Crippen LogP contribution < -0.4 is 10.1 Å². The van der Waals surface area contributed by atoms with Gasteiger partial charge in [-0.25, -0.2) is 4.98 Å². The monoisotopic (exact) mass is 491 g/mol. The van der Waals surface area contributed by atoms with Crippen LogP contribution in [0.1, 0.15) is 66.2 Å². The summed E-state index contributed by atoms with van der Waals surface area (Å²) >= 11 is 1.39. The fourth-order valence-corrected chi connectivity index (χ4v) is 4.61. The van der Waals surface area contributed by atoms with Crippen LogP contribution in [0.2, 0.25) is 0 Å². The first kappa shape index (κ1) is 24.6. The van der Waals surface area contributed by atoms with Crippen molar-refractivity contribution in [1.29, 1.82) is 0 Å². The minimum absolute atomic E-state index is 0.0914. The summed E-state index contributed by atoms with van der Waals surface area (Å²) in [5.74, 6) is 0.281. The van der Waals surface area contributed by atoms with Crippen molar-refractivity contribution in [3.05, 3.63) is 65.0 Å². The number of nitrogens with zero attached hydrogens (tertiary/aromatic N) is 2. The van der Waals surface area contributed by atoms with Gasteiger partial charge >= 0.3 is 0 Å². The van der Waals surface area contributed by atoms with Gasteiger partial charge < -0.3 is 10.1 Å². The van der Waals surface area contributed by atoms with Gasteiger partial charge in [0.1, 0.15) is 5.75 Å². The van der Waals surface area contributed by atoms with E-state index >= 15 is 0 Å². The van der Waals surface area contributed by atoms with Gasteiger partial charge in [0.05, 0.1) is 23.4 Å². The lowest BCUT2D eigenvalue weighted by Crippen LogP contribution is -2.30. The van der Waals surface area contributed by atoms with Gasteiger partial charge in [0.15, 0.2) is 5.13 Å². The number of carbonyl (C=O) groups is 3. The van der Waals surface area contributed by atoms with Gasteiger partial charge in [0, 0.05) is 23.9 Å². The molecule has 2 aromatic carbocycles. The molecule has 35 heavy (non-hydrogen) atoms. The lowest BCUT2D eigenvalue weighted by Gasteiger charge is -2.13. The Bertz CT molecular complexity index is 1150. The van der Waals surface area contributed by atoms with Crippen LogP contribution in [0.5, 0.6) is 5.75 Å². The largest absolute Gasteiger partial charge is 0.494 e. The van der Waals surface area contributed by atoms with E-state index in [1.165, 1.54) is 16.2 Å². The first-order chi connectivity index (χ1) is 17.1. The van der Waals surface area contributed by atoms with Crippen LogP contribution in [0.4, 0.5) is 5.13 Å². The standard InChI is InChI=1S/C27H29N3O4S/c1-2-3-17-34-20-14-12-19(13-15-20)23-18-35-27(28-23)29-24(31)11-5-4-8-16-30-25(32)21-9-6-7-10-22(21)26(30)33/h6-7,9-10,12-15,18H,2-5,8,11,16-17H2,1H3,(H,28,29,31). The van der Waals surface area contributed by atoms with Gasteiger partial charge in [-0.1, -0.05) is 31.9 Å². The van der Waals surface area contributed by atoms with Crippen LogP contribution >= 0.6 is 11.3 Å². The highest BCUT2D eigenvalue weighted by Gasteiger charge is 2.34.